The van der Waals surface area contributed by atoms with Gasteiger partial charge in [-0.2, -0.15) is 0 Å². The van der Waals surface area contributed by atoms with Gasteiger partial charge in [-0.05, 0) is 5.92 Å². The van der Waals surface area contributed by atoms with Crippen molar-refractivity contribution in [3.05, 3.63) is 0 Å². The molecule has 2 nitrogen and oxygen atoms in total. The lowest BCUT2D eigenvalue weighted by molar-refractivity contribution is -0.140. The predicted octanol–water partition coefficient (Wildman–Crippen LogP) is 1.97. The molecule has 0 spiro atoms. The average molecular weight is 209 g/mol. The molecule has 0 saturated heterocycles. The van der Waals surface area contributed by atoms with Crippen molar-refractivity contribution in [1.29, 1.82) is 0 Å². The van der Waals surface area contributed by atoms with Gasteiger partial charge in [-0.1, -0.05) is 36.2 Å². The molecule has 0 unspecified atom stereocenters. The molecular formula is C7H13BrO2. The Morgan fingerprint density at radius 2 is 2.20 bits per heavy atom. The first-order valence-electron chi connectivity index (χ1n) is 3.35. The number of methoxy groups -OCH3 is 1. The molecule has 60 valence electrons. The van der Waals surface area contributed by atoms with Crippen LogP contribution < -0.4 is 0 Å². The fourth-order valence-electron chi connectivity index (χ4n) is 0.552. The average Bonchev–Trinajstić information content (AvgIpc) is 2.00. The van der Waals surface area contributed by atoms with E-state index in [1.807, 2.05) is 13.8 Å². The molecule has 2 atom stereocenters. The Kier molecular flexibility index (Phi) is 4.69. The maximum Gasteiger partial charge on any atom is 0.319 e. The highest BCUT2D eigenvalue weighted by atomic mass is 79.9. The zero-order valence-electron chi connectivity index (χ0n) is 6.56. The molecule has 0 rings (SSSR count). The number of hydrogen-bond donors (Lipinski definition) is 0. The molecular weight excluding hydrogens is 196 g/mol. The zero-order chi connectivity index (χ0) is 8.15. The lowest BCUT2D eigenvalue weighted by Gasteiger charge is -2.12. The molecule has 0 N–H and O–H groups in total. The molecule has 0 aliphatic rings. The topological polar surface area (TPSA) is 26.3 Å². The van der Waals surface area contributed by atoms with Crippen LogP contribution in [0.25, 0.3) is 0 Å². The van der Waals surface area contributed by atoms with E-state index in [-0.39, 0.29) is 10.8 Å². The minimum atomic E-state index is -0.186. The van der Waals surface area contributed by atoms with Crippen LogP contribution in [0.2, 0.25) is 0 Å². The van der Waals surface area contributed by atoms with Gasteiger partial charge in [0.25, 0.3) is 0 Å². The summed E-state index contributed by atoms with van der Waals surface area (Å²) in [4.78, 5) is 10.7. The number of hydrogen-bond acceptors (Lipinski definition) is 2. The fraction of sp³-hybridized carbons (Fsp3) is 0.857. The number of esters is 1. The van der Waals surface area contributed by atoms with Crippen molar-refractivity contribution in [2.45, 2.75) is 25.1 Å². The summed E-state index contributed by atoms with van der Waals surface area (Å²) < 4.78 is 4.55. The third-order valence-corrected chi connectivity index (χ3v) is 2.85. The van der Waals surface area contributed by atoms with Crippen LogP contribution in [0.15, 0.2) is 0 Å². The van der Waals surface area contributed by atoms with Gasteiger partial charge in [-0.3, -0.25) is 4.79 Å². The summed E-state index contributed by atoms with van der Waals surface area (Å²) in [7, 11) is 1.40. The molecule has 0 heterocycles. The summed E-state index contributed by atoms with van der Waals surface area (Å²) in [6, 6.07) is 0. The maximum atomic E-state index is 10.8. The van der Waals surface area contributed by atoms with Crippen LogP contribution in [0.1, 0.15) is 20.3 Å². The van der Waals surface area contributed by atoms with Crippen LogP contribution in [0.3, 0.4) is 0 Å². The van der Waals surface area contributed by atoms with Gasteiger partial charge in [-0.25, -0.2) is 0 Å². The van der Waals surface area contributed by atoms with Gasteiger partial charge >= 0.3 is 5.97 Å². The smallest absolute Gasteiger partial charge is 0.319 e. The first-order valence-corrected chi connectivity index (χ1v) is 4.27. The van der Waals surface area contributed by atoms with Crippen molar-refractivity contribution in [2.75, 3.05) is 7.11 Å². The van der Waals surface area contributed by atoms with Crippen molar-refractivity contribution >= 4 is 21.9 Å². The van der Waals surface area contributed by atoms with Gasteiger partial charge in [0.1, 0.15) is 4.83 Å². The van der Waals surface area contributed by atoms with Crippen molar-refractivity contribution in [2.24, 2.45) is 5.92 Å². The maximum absolute atomic E-state index is 10.8. The summed E-state index contributed by atoms with van der Waals surface area (Å²) in [5, 5.41) is 0. The van der Waals surface area contributed by atoms with Crippen molar-refractivity contribution < 1.29 is 9.53 Å². The van der Waals surface area contributed by atoms with E-state index in [0.717, 1.165) is 6.42 Å². The van der Waals surface area contributed by atoms with E-state index in [4.69, 9.17) is 0 Å². The number of alkyl halides is 1. The molecule has 0 fully saturated rings. The molecule has 0 aromatic heterocycles. The van der Waals surface area contributed by atoms with Gasteiger partial charge < -0.3 is 4.74 Å². The van der Waals surface area contributed by atoms with Crippen molar-refractivity contribution in [1.82, 2.24) is 0 Å². The van der Waals surface area contributed by atoms with Crippen LogP contribution in [-0.2, 0) is 9.53 Å². The second-order valence-corrected chi connectivity index (χ2v) is 3.30. The highest BCUT2D eigenvalue weighted by molar-refractivity contribution is 9.10. The molecule has 3 heteroatoms. The molecule has 0 bridgehead atoms. The Morgan fingerprint density at radius 1 is 1.70 bits per heavy atom. The summed E-state index contributed by atoms with van der Waals surface area (Å²) in [5.41, 5.74) is 0. The first kappa shape index (κ1) is 9.95. The van der Waals surface area contributed by atoms with Crippen molar-refractivity contribution in [3.63, 3.8) is 0 Å². The van der Waals surface area contributed by atoms with E-state index in [1.54, 1.807) is 0 Å². The quantitative estimate of drug-likeness (QED) is 0.524. The van der Waals surface area contributed by atoms with E-state index >= 15 is 0 Å². The highest BCUT2D eigenvalue weighted by Gasteiger charge is 2.20. The second-order valence-electron chi connectivity index (χ2n) is 2.31. The summed E-state index contributed by atoms with van der Waals surface area (Å²) in [6.45, 7) is 4.05. The number of ether oxygens (including phenoxy) is 1. The Bertz CT molecular complexity index is 114. The summed E-state index contributed by atoms with van der Waals surface area (Å²) >= 11 is 3.25. The minimum absolute atomic E-state index is 0.150. The fourth-order valence-corrected chi connectivity index (χ4v) is 1.11. The van der Waals surface area contributed by atoms with Crippen LogP contribution in [-0.4, -0.2) is 17.9 Å². The van der Waals surface area contributed by atoms with Gasteiger partial charge in [0.05, 0.1) is 7.11 Å². The Balaban J connectivity index is 3.81. The second kappa shape index (κ2) is 4.72. The lowest BCUT2D eigenvalue weighted by Crippen LogP contribution is -2.22. The first-order chi connectivity index (χ1) is 4.63. The van der Waals surface area contributed by atoms with Crippen molar-refractivity contribution in [3.8, 4) is 0 Å². The Labute approximate surface area is 70.1 Å². The molecule has 0 amide bonds. The molecule has 0 radical (unpaired) electrons. The minimum Gasteiger partial charge on any atom is -0.468 e. The van der Waals surface area contributed by atoms with Crippen LogP contribution in [0.5, 0.6) is 0 Å². The van der Waals surface area contributed by atoms with E-state index in [2.05, 4.69) is 20.7 Å². The summed E-state index contributed by atoms with van der Waals surface area (Å²) in [5.74, 6) is 0.154. The number of halogens is 1. The predicted molar refractivity (Wildman–Crippen MR) is 44.2 cm³/mol. The van der Waals surface area contributed by atoms with Gasteiger partial charge in [0.2, 0.25) is 0 Å². The van der Waals surface area contributed by atoms with Gasteiger partial charge in [-0.15, -0.1) is 0 Å². The lowest BCUT2D eigenvalue weighted by atomic mass is 10.1. The van der Waals surface area contributed by atoms with Gasteiger partial charge in [0, 0.05) is 0 Å². The number of rotatable bonds is 3. The standard InChI is InChI=1S/C7H13BrO2/c1-4-5(2)6(8)7(9)10-3/h5-6H,4H2,1-3H3/t5-,6+/m0/s1. The molecule has 0 aliphatic carbocycles. The Hall–Kier alpha value is -0.0500. The molecule has 0 aromatic rings. The van der Waals surface area contributed by atoms with Crippen LogP contribution >= 0.6 is 15.9 Å². The molecule has 0 saturated carbocycles. The molecule has 10 heavy (non-hydrogen) atoms. The normalized spacial score (nSPS) is 16.0. The number of carbonyl (C=O) groups excluding carboxylic acids is 1. The molecule has 0 aromatic carbocycles. The largest absolute Gasteiger partial charge is 0.468 e. The van der Waals surface area contributed by atoms with E-state index in [9.17, 15) is 4.79 Å². The monoisotopic (exact) mass is 208 g/mol. The SMILES string of the molecule is CC[C@H](C)[C@@H](Br)C(=O)OC. The van der Waals surface area contributed by atoms with E-state index < -0.39 is 0 Å². The van der Waals surface area contributed by atoms with E-state index in [1.165, 1.54) is 7.11 Å². The third kappa shape index (κ3) is 2.69. The summed E-state index contributed by atoms with van der Waals surface area (Å²) in [6.07, 6.45) is 0.977. The van der Waals surface area contributed by atoms with E-state index in [0.29, 0.717) is 5.92 Å². The number of carbonyl (C=O) groups is 1. The zero-order valence-corrected chi connectivity index (χ0v) is 8.14. The third-order valence-electron chi connectivity index (χ3n) is 1.57. The molecule has 0 aliphatic heterocycles. The van der Waals surface area contributed by atoms with Crippen LogP contribution in [0.4, 0.5) is 0 Å². The van der Waals surface area contributed by atoms with Crippen LogP contribution in [0, 0.1) is 5.92 Å². The van der Waals surface area contributed by atoms with Gasteiger partial charge in [0.15, 0.2) is 0 Å². The highest BCUT2D eigenvalue weighted by Crippen LogP contribution is 2.16. The Morgan fingerprint density at radius 3 is 2.50 bits per heavy atom.